The summed E-state index contributed by atoms with van der Waals surface area (Å²) in [7, 11) is 0.912. The number of anilines is 1. The van der Waals surface area contributed by atoms with Gasteiger partial charge in [0.1, 0.15) is 6.54 Å². The summed E-state index contributed by atoms with van der Waals surface area (Å²) in [4.78, 5) is 34.4. The minimum absolute atomic E-state index is 0.226. The predicted molar refractivity (Wildman–Crippen MR) is 76.1 cm³/mol. The van der Waals surface area contributed by atoms with Crippen molar-refractivity contribution in [1.29, 1.82) is 0 Å². The Labute approximate surface area is 132 Å². The van der Waals surface area contributed by atoms with Crippen molar-refractivity contribution >= 4 is 17.5 Å². The van der Waals surface area contributed by atoms with E-state index in [9.17, 15) is 27.6 Å². The van der Waals surface area contributed by atoms with Crippen LogP contribution in [-0.2, 0) is 24.6 Å². The van der Waals surface area contributed by atoms with Gasteiger partial charge in [0.2, 0.25) is 17.6 Å². The number of hydrogen-bond donors (Lipinski definition) is 2. The molecule has 0 unspecified atom stereocenters. The van der Waals surface area contributed by atoms with Crippen molar-refractivity contribution in [2.24, 2.45) is 12.8 Å². The van der Waals surface area contributed by atoms with Crippen LogP contribution < -0.4 is 16.7 Å². The number of nitrogens with one attached hydrogen (secondary N) is 1. The fourth-order valence-corrected chi connectivity index (χ4v) is 1.89. The van der Waals surface area contributed by atoms with Crippen molar-refractivity contribution in [3.63, 3.8) is 0 Å². The maximum atomic E-state index is 12.7. The van der Waals surface area contributed by atoms with E-state index in [0.717, 1.165) is 7.05 Å². The third-order valence-corrected chi connectivity index (χ3v) is 3.04. The van der Waals surface area contributed by atoms with Crippen LogP contribution in [0, 0.1) is 0 Å². The second kappa shape index (κ2) is 6.18. The van der Waals surface area contributed by atoms with Gasteiger partial charge in [0, 0.05) is 18.3 Å². The first kappa shape index (κ1) is 17.2. The molecule has 0 saturated carbocycles. The molecule has 2 aromatic rings. The average molecular weight is 343 g/mol. The zero-order chi connectivity index (χ0) is 18.1. The molecule has 0 bridgehead atoms. The van der Waals surface area contributed by atoms with Gasteiger partial charge in [0.15, 0.2) is 0 Å². The van der Waals surface area contributed by atoms with Gasteiger partial charge in [-0.2, -0.15) is 13.2 Å². The second-order valence-electron chi connectivity index (χ2n) is 4.81. The van der Waals surface area contributed by atoms with Gasteiger partial charge in [-0.15, -0.1) is 5.10 Å². The van der Waals surface area contributed by atoms with E-state index >= 15 is 0 Å². The summed E-state index contributed by atoms with van der Waals surface area (Å²) < 4.78 is 38.7. The molecular formula is C13H12F3N5O3. The van der Waals surface area contributed by atoms with Crippen molar-refractivity contribution in [3.8, 4) is 0 Å². The van der Waals surface area contributed by atoms with Crippen LogP contribution >= 0.6 is 0 Å². The normalized spacial score (nSPS) is 11.3. The smallest absolute Gasteiger partial charge is 0.366 e. The molecule has 128 valence electrons. The predicted octanol–water partition coefficient (Wildman–Crippen LogP) is 0.338. The molecule has 1 aromatic carbocycles. The van der Waals surface area contributed by atoms with Gasteiger partial charge in [0.25, 0.3) is 0 Å². The number of amides is 2. The maximum absolute atomic E-state index is 12.7. The Morgan fingerprint density at radius 2 is 1.83 bits per heavy atom. The standard InChI is InChI=1S/C13H12F3N5O3/c1-20-11(13(14,15)16)19-21(12(20)24)6-9(22)18-8-4-2-7(3-5-8)10(17)23/h2-5H,6H2,1H3,(H2,17,23)(H,18,22). The van der Waals surface area contributed by atoms with Crippen LogP contribution in [0.25, 0.3) is 0 Å². The zero-order valence-corrected chi connectivity index (χ0v) is 12.3. The van der Waals surface area contributed by atoms with E-state index in [1.165, 1.54) is 24.3 Å². The molecule has 0 saturated heterocycles. The molecular weight excluding hydrogens is 331 g/mol. The number of nitrogens with two attached hydrogens (primary N) is 1. The molecule has 0 radical (unpaired) electrons. The third kappa shape index (κ3) is 3.62. The number of halogens is 3. The van der Waals surface area contributed by atoms with Crippen LogP contribution in [0.5, 0.6) is 0 Å². The Balaban J connectivity index is 2.13. The first-order valence-corrected chi connectivity index (χ1v) is 6.50. The lowest BCUT2D eigenvalue weighted by atomic mass is 10.2. The van der Waals surface area contributed by atoms with Crippen LogP contribution in [0.15, 0.2) is 29.1 Å². The molecule has 0 aliphatic rings. The molecule has 0 fully saturated rings. The highest BCUT2D eigenvalue weighted by atomic mass is 19.4. The van der Waals surface area contributed by atoms with Gasteiger partial charge in [0.05, 0.1) is 0 Å². The number of benzene rings is 1. The monoisotopic (exact) mass is 343 g/mol. The van der Waals surface area contributed by atoms with Crippen LogP contribution in [0.2, 0.25) is 0 Å². The fraction of sp³-hybridized carbons (Fsp3) is 0.231. The number of carbonyl (C=O) groups is 2. The van der Waals surface area contributed by atoms with Gasteiger partial charge in [-0.25, -0.2) is 9.48 Å². The van der Waals surface area contributed by atoms with E-state index in [1.54, 1.807) is 0 Å². The molecule has 2 amide bonds. The Kier molecular flexibility index (Phi) is 4.44. The third-order valence-electron chi connectivity index (χ3n) is 3.04. The number of rotatable bonds is 4. The summed E-state index contributed by atoms with van der Waals surface area (Å²) in [6.45, 7) is -0.694. The topological polar surface area (TPSA) is 112 Å². The van der Waals surface area contributed by atoms with Crippen LogP contribution in [-0.4, -0.2) is 26.2 Å². The van der Waals surface area contributed by atoms with Gasteiger partial charge >= 0.3 is 11.9 Å². The first-order valence-electron chi connectivity index (χ1n) is 6.50. The summed E-state index contributed by atoms with van der Waals surface area (Å²) in [6.07, 6.45) is -4.81. The molecule has 1 heterocycles. The lowest BCUT2D eigenvalue weighted by Crippen LogP contribution is -2.29. The van der Waals surface area contributed by atoms with Crippen molar-refractivity contribution in [2.45, 2.75) is 12.7 Å². The number of nitrogens with zero attached hydrogens (tertiary/aromatic N) is 3. The Bertz CT molecular complexity index is 836. The summed E-state index contributed by atoms with van der Waals surface area (Å²) in [5.74, 6) is -2.80. The number of hydrogen-bond acceptors (Lipinski definition) is 4. The van der Waals surface area contributed by atoms with Crippen LogP contribution in [0.1, 0.15) is 16.2 Å². The summed E-state index contributed by atoms with van der Waals surface area (Å²) in [5.41, 5.74) is 4.51. The van der Waals surface area contributed by atoms with Gasteiger partial charge in [-0.05, 0) is 24.3 Å². The molecule has 11 heteroatoms. The summed E-state index contributed by atoms with van der Waals surface area (Å²) in [6, 6.07) is 5.51. The van der Waals surface area contributed by atoms with E-state index < -0.39 is 36.0 Å². The number of alkyl halides is 3. The van der Waals surface area contributed by atoms with E-state index in [2.05, 4.69) is 10.4 Å². The first-order chi connectivity index (χ1) is 11.1. The molecule has 0 atom stereocenters. The zero-order valence-electron chi connectivity index (χ0n) is 12.3. The maximum Gasteiger partial charge on any atom is 0.451 e. The minimum Gasteiger partial charge on any atom is -0.366 e. The van der Waals surface area contributed by atoms with Crippen molar-refractivity contribution in [1.82, 2.24) is 14.3 Å². The average Bonchev–Trinajstić information content (AvgIpc) is 2.76. The molecule has 24 heavy (non-hydrogen) atoms. The largest absolute Gasteiger partial charge is 0.451 e. The van der Waals surface area contributed by atoms with E-state index in [1.807, 2.05) is 0 Å². The molecule has 0 spiro atoms. The summed E-state index contributed by atoms with van der Waals surface area (Å²) >= 11 is 0. The van der Waals surface area contributed by atoms with Gasteiger partial charge < -0.3 is 11.1 Å². The number of carbonyl (C=O) groups excluding carboxylic acids is 2. The summed E-state index contributed by atoms with van der Waals surface area (Å²) in [5, 5.41) is 5.49. The van der Waals surface area contributed by atoms with Crippen molar-refractivity contribution in [2.75, 3.05) is 5.32 Å². The van der Waals surface area contributed by atoms with E-state index in [0.29, 0.717) is 9.25 Å². The fourth-order valence-electron chi connectivity index (χ4n) is 1.89. The van der Waals surface area contributed by atoms with E-state index in [4.69, 9.17) is 5.73 Å². The van der Waals surface area contributed by atoms with Crippen molar-refractivity contribution in [3.05, 3.63) is 46.1 Å². The van der Waals surface area contributed by atoms with Crippen LogP contribution in [0.4, 0.5) is 18.9 Å². The Morgan fingerprint density at radius 1 is 1.25 bits per heavy atom. The highest BCUT2D eigenvalue weighted by Gasteiger charge is 2.38. The molecule has 3 N–H and O–H groups in total. The van der Waals surface area contributed by atoms with E-state index in [-0.39, 0.29) is 11.3 Å². The quantitative estimate of drug-likeness (QED) is 0.833. The minimum atomic E-state index is -4.81. The highest BCUT2D eigenvalue weighted by molar-refractivity contribution is 5.94. The molecule has 0 aliphatic carbocycles. The molecule has 0 aliphatic heterocycles. The Morgan fingerprint density at radius 3 is 2.29 bits per heavy atom. The second-order valence-corrected chi connectivity index (χ2v) is 4.81. The van der Waals surface area contributed by atoms with Crippen LogP contribution in [0.3, 0.4) is 0 Å². The SMILES string of the molecule is Cn1c(C(F)(F)F)nn(CC(=O)Nc2ccc(C(N)=O)cc2)c1=O. The van der Waals surface area contributed by atoms with Crippen molar-refractivity contribution < 1.29 is 22.8 Å². The molecule has 1 aromatic heterocycles. The number of aromatic nitrogens is 3. The van der Waals surface area contributed by atoms with Gasteiger partial charge in [-0.1, -0.05) is 0 Å². The Hall–Kier alpha value is -3.11. The number of primary amides is 1. The molecule has 2 rings (SSSR count). The lowest BCUT2D eigenvalue weighted by molar-refractivity contribution is -0.147. The lowest BCUT2D eigenvalue weighted by Gasteiger charge is -2.05. The van der Waals surface area contributed by atoms with Gasteiger partial charge in [-0.3, -0.25) is 14.2 Å². The molecule has 8 nitrogen and oxygen atoms in total. The highest BCUT2D eigenvalue weighted by Crippen LogP contribution is 2.25.